The minimum atomic E-state index is -0.237. The van der Waals surface area contributed by atoms with Crippen LogP contribution in [-0.2, 0) is 5.88 Å². The highest BCUT2D eigenvalue weighted by Gasteiger charge is 2.05. The molecule has 2 aromatic heterocycles. The molecule has 0 unspecified atom stereocenters. The first kappa shape index (κ1) is 12.5. The highest BCUT2D eigenvalue weighted by molar-refractivity contribution is 7.98. The highest BCUT2D eigenvalue weighted by atomic mass is 32.2. The van der Waals surface area contributed by atoms with Gasteiger partial charge in [-0.25, -0.2) is 4.98 Å². The molecule has 3 rings (SSSR count). The molecule has 0 aliphatic rings. The zero-order valence-electron chi connectivity index (χ0n) is 10.2. The summed E-state index contributed by atoms with van der Waals surface area (Å²) in [6.07, 6.45) is 1.41. The molecular formula is C12H9N5O2S. The van der Waals surface area contributed by atoms with Crippen LogP contribution in [0.3, 0.4) is 0 Å². The molecule has 0 amide bonds. The maximum absolute atomic E-state index is 12.2. The van der Waals surface area contributed by atoms with Crippen molar-refractivity contribution in [3.8, 4) is 0 Å². The Balaban J connectivity index is 1.90. The van der Waals surface area contributed by atoms with Crippen LogP contribution in [0.15, 0.2) is 51.3 Å². The molecule has 100 valence electrons. The van der Waals surface area contributed by atoms with Crippen LogP contribution >= 0.6 is 11.8 Å². The Morgan fingerprint density at radius 1 is 1.20 bits per heavy atom. The van der Waals surface area contributed by atoms with Gasteiger partial charge >= 0.3 is 0 Å². The van der Waals surface area contributed by atoms with Gasteiger partial charge in [-0.1, -0.05) is 29.1 Å². The van der Waals surface area contributed by atoms with Crippen molar-refractivity contribution in [2.45, 2.75) is 11.0 Å². The molecule has 0 saturated carbocycles. The van der Waals surface area contributed by atoms with Gasteiger partial charge < -0.3 is 4.98 Å². The molecule has 0 saturated heterocycles. The van der Waals surface area contributed by atoms with Gasteiger partial charge in [-0.05, 0) is 12.1 Å². The maximum atomic E-state index is 12.2. The van der Waals surface area contributed by atoms with Gasteiger partial charge in [0.05, 0.1) is 11.3 Å². The SMILES string of the molecule is O=c1ccnc(SCn2nnc3ccccc3c2=O)[nH]1. The number of aromatic amines is 1. The second-order valence-corrected chi connectivity index (χ2v) is 4.86. The van der Waals surface area contributed by atoms with Crippen molar-refractivity contribution < 1.29 is 0 Å². The molecule has 8 heteroatoms. The van der Waals surface area contributed by atoms with Crippen molar-refractivity contribution >= 4 is 22.7 Å². The topological polar surface area (TPSA) is 93.5 Å². The van der Waals surface area contributed by atoms with Crippen LogP contribution in [0.2, 0.25) is 0 Å². The molecule has 0 aliphatic heterocycles. The molecule has 0 spiro atoms. The third-order valence-electron chi connectivity index (χ3n) is 2.60. The van der Waals surface area contributed by atoms with Crippen molar-refractivity contribution in [3.63, 3.8) is 0 Å². The first-order valence-corrected chi connectivity index (χ1v) is 6.73. The molecule has 1 N–H and O–H groups in total. The Morgan fingerprint density at radius 2 is 2.05 bits per heavy atom. The fourth-order valence-corrected chi connectivity index (χ4v) is 2.38. The Bertz CT molecular complexity index is 873. The van der Waals surface area contributed by atoms with Crippen LogP contribution in [0.25, 0.3) is 10.9 Å². The predicted molar refractivity (Wildman–Crippen MR) is 74.5 cm³/mol. The van der Waals surface area contributed by atoms with Crippen molar-refractivity contribution in [2.24, 2.45) is 0 Å². The number of benzene rings is 1. The summed E-state index contributed by atoms with van der Waals surface area (Å²) in [5.41, 5.74) is 0.103. The lowest BCUT2D eigenvalue weighted by atomic mass is 10.2. The number of hydrogen-bond acceptors (Lipinski definition) is 6. The molecule has 7 nitrogen and oxygen atoms in total. The van der Waals surface area contributed by atoms with E-state index in [1.807, 2.05) is 0 Å². The van der Waals surface area contributed by atoms with Gasteiger partial charge in [0.2, 0.25) is 0 Å². The molecule has 0 fully saturated rings. The van der Waals surface area contributed by atoms with Gasteiger partial charge in [0.1, 0.15) is 5.52 Å². The van der Waals surface area contributed by atoms with Crippen molar-refractivity contribution in [1.82, 2.24) is 25.0 Å². The van der Waals surface area contributed by atoms with E-state index in [2.05, 4.69) is 20.3 Å². The summed E-state index contributed by atoms with van der Waals surface area (Å²) in [6, 6.07) is 8.34. The number of hydrogen-bond donors (Lipinski definition) is 1. The quantitative estimate of drug-likeness (QED) is 0.561. The number of H-pyrrole nitrogens is 1. The molecule has 1 aromatic carbocycles. The van der Waals surface area contributed by atoms with Gasteiger partial charge in [0.15, 0.2) is 5.16 Å². The summed E-state index contributed by atoms with van der Waals surface area (Å²) in [5, 5.41) is 8.78. The van der Waals surface area contributed by atoms with E-state index in [-0.39, 0.29) is 17.0 Å². The van der Waals surface area contributed by atoms with E-state index in [4.69, 9.17) is 0 Å². The number of fused-ring (bicyclic) bond motifs is 1. The summed E-state index contributed by atoms with van der Waals surface area (Å²) in [7, 11) is 0. The first-order chi connectivity index (χ1) is 9.74. The Kier molecular flexibility index (Phi) is 3.30. The lowest BCUT2D eigenvalue weighted by molar-refractivity contribution is 0.643. The van der Waals surface area contributed by atoms with Gasteiger partial charge in [0, 0.05) is 12.3 Å². The summed E-state index contributed by atoms with van der Waals surface area (Å²) in [6.45, 7) is 0. The van der Waals surface area contributed by atoms with Crippen LogP contribution in [0.1, 0.15) is 0 Å². The van der Waals surface area contributed by atoms with E-state index in [0.717, 1.165) is 0 Å². The lowest BCUT2D eigenvalue weighted by Crippen LogP contribution is -2.23. The normalized spacial score (nSPS) is 10.8. The zero-order valence-corrected chi connectivity index (χ0v) is 11.0. The van der Waals surface area contributed by atoms with Crippen LogP contribution < -0.4 is 11.1 Å². The summed E-state index contributed by atoms with van der Waals surface area (Å²) < 4.78 is 1.24. The fraction of sp³-hybridized carbons (Fsp3) is 0.0833. The van der Waals surface area contributed by atoms with Crippen molar-refractivity contribution in [2.75, 3.05) is 0 Å². The van der Waals surface area contributed by atoms with Gasteiger partial charge in [-0.3, -0.25) is 9.59 Å². The molecule has 3 aromatic rings. The molecule has 20 heavy (non-hydrogen) atoms. The fourth-order valence-electron chi connectivity index (χ4n) is 1.66. The molecule has 2 heterocycles. The van der Waals surface area contributed by atoms with E-state index >= 15 is 0 Å². The van der Waals surface area contributed by atoms with E-state index < -0.39 is 0 Å². The van der Waals surface area contributed by atoms with E-state index in [9.17, 15) is 9.59 Å². The maximum Gasteiger partial charge on any atom is 0.278 e. The predicted octanol–water partition coefficient (Wildman–Crippen LogP) is 0.625. The minimum Gasteiger partial charge on any atom is -0.301 e. The van der Waals surface area contributed by atoms with Gasteiger partial charge in [0.25, 0.3) is 11.1 Å². The Morgan fingerprint density at radius 3 is 2.90 bits per heavy atom. The summed E-state index contributed by atoms with van der Waals surface area (Å²) in [4.78, 5) is 29.9. The number of rotatable bonds is 3. The molecule has 0 radical (unpaired) electrons. The first-order valence-electron chi connectivity index (χ1n) is 5.75. The second-order valence-electron chi connectivity index (χ2n) is 3.92. The number of nitrogens with one attached hydrogen (secondary N) is 1. The molecular weight excluding hydrogens is 278 g/mol. The smallest absolute Gasteiger partial charge is 0.278 e. The summed E-state index contributed by atoms with van der Waals surface area (Å²) >= 11 is 1.20. The molecule has 0 atom stereocenters. The van der Waals surface area contributed by atoms with Gasteiger partial charge in [-0.2, -0.15) is 4.68 Å². The standard InChI is InChI=1S/C12H9N5O2S/c18-10-5-6-13-12(14-10)20-7-17-11(19)8-3-1-2-4-9(8)15-16-17/h1-6H,7H2,(H,13,14,18). The van der Waals surface area contributed by atoms with Crippen LogP contribution in [0.5, 0.6) is 0 Å². The Hall–Kier alpha value is -2.48. The van der Waals surface area contributed by atoms with Crippen LogP contribution in [-0.4, -0.2) is 25.0 Å². The monoisotopic (exact) mass is 287 g/mol. The average molecular weight is 287 g/mol. The number of nitrogens with zero attached hydrogens (tertiary/aromatic N) is 4. The minimum absolute atomic E-state index is 0.221. The highest BCUT2D eigenvalue weighted by Crippen LogP contribution is 2.11. The van der Waals surface area contributed by atoms with Crippen molar-refractivity contribution in [3.05, 3.63) is 57.2 Å². The van der Waals surface area contributed by atoms with Crippen LogP contribution in [0, 0.1) is 0 Å². The molecule has 0 bridgehead atoms. The number of thioether (sulfide) groups is 1. The zero-order chi connectivity index (χ0) is 13.9. The average Bonchev–Trinajstić information content (AvgIpc) is 2.47. The van der Waals surface area contributed by atoms with Crippen molar-refractivity contribution in [1.29, 1.82) is 0 Å². The third kappa shape index (κ3) is 2.45. The van der Waals surface area contributed by atoms with E-state index in [1.165, 1.54) is 28.7 Å². The van der Waals surface area contributed by atoms with E-state index in [1.54, 1.807) is 24.3 Å². The van der Waals surface area contributed by atoms with Crippen LogP contribution in [0.4, 0.5) is 0 Å². The second kappa shape index (κ2) is 5.25. The van der Waals surface area contributed by atoms with E-state index in [0.29, 0.717) is 16.1 Å². The number of aromatic nitrogens is 5. The lowest BCUT2D eigenvalue weighted by Gasteiger charge is -2.03. The molecule has 0 aliphatic carbocycles. The largest absolute Gasteiger partial charge is 0.301 e. The summed E-state index contributed by atoms with van der Waals surface area (Å²) in [5.74, 6) is 0.226. The Labute approximate surface area is 116 Å². The van der Waals surface area contributed by atoms with Gasteiger partial charge in [-0.15, -0.1) is 5.10 Å². The third-order valence-corrected chi connectivity index (χ3v) is 3.46.